The summed E-state index contributed by atoms with van der Waals surface area (Å²) in [5.41, 5.74) is 4.88. The average molecular weight is 282 g/mol. The van der Waals surface area contributed by atoms with E-state index >= 15 is 0 Å². The molecule has 0 unspecified atom stereocenters. The van der Waals surface area contributed by atoms with Gasteiger partial charge in [-0.1, -0.05) is 12.1 Å². The maximum Gasteiger partial charge on any atom is 0.419 e. The second-order valence-electron chi connectivity index (χ2n) is 4.04. The third-order valence-electron chi connectivity index (χ3n) is 2.69. The molecule has 0 spiro atoms. The fourth-order valence-electron chi connectivity index (χ4n) is 1.67. The molecule has 7 heteroatoms. The molecule has 0 bridgehead atoms. The van der Waals surface area contributed by atoms with Crippen LogP contribution < -0.4 is 5.73 Å². The van der Waals surface area contributed by atoms with E-state index in [0.717, 1.165) is 6.07 Å². The summed E-state index contributed by atoms with van der Waals surface area (Å²) in [6, 6.07) is 6.33. The Kier molecular flexibility index (Phi) is 3.35. The van der Waals surface area contributed by atoms with Crippen LogP contribution in [0.15, 0.2) is 36.5 Å². The van der Waals surface area contributed by atoms with Crippen molar-refractivity contribution in [2.45, 2.75) is 6.18 Å². The number of nitrogens with two attached hydrogens (primary N) is 1. The number of nitrogens with zero attached hydrogens (tertiary/aromatic N) is 1. The molecule has 2 rings (SSSR count). The number of anilines is 1. The smallest absolute Gasteiger partial charge is 0.419 e. The molecule has 0 aliphatic heterocycles. The summed E-state index contributed by atoms with van der Waals surface area (Å²) in [6.45, 7) is 0. The maximum atomic E-state index is 12.7. The predicted molar refractivity (Wildman–Crippen MR) is 66.0 cm³/mol. The van der Waals surface area contributed by atoms with Crippen LogP contribution in [0.25, 0.3) is 11.1 Å². The van der Waals surface area contributed by atoms with Crippen LogP contribution in [0.1, 0.15) is 15.9 Å². The molecule has 0 saturated heterocycles. The number of aromatic carboxylic acids is 1. The molecule has 2 aromatic rings. The lowest BCUT2D eigenvalue weighted by molar-refractivity contribution is -0.137. The zero-order valence-corrected chi connectivity index (χ0v) is 9.98. The van der Waals surface area contributed by atoms with Crippen LogP contribution in [-0.2, 0) is 6.18 Å². The number of rotatable bonds is 2. The average Bonchev–Trinajstić information content (AvgIpc) is 2.38. The summed E-state index contributed by atoms with van der Waals surface area (Å²) >= 11 is 0. The Hall–Kier alpha value is -2.57. The van der Waals surface area contributed by atoms with E-state index in [9.17, 15) is 18.0 Å². The van der Waals surface area contributed by atoms with Crippen molar-refractivity contribution in [3.8, 4) is 11.1 Å². The number of aromatic nitrogens is 1. The molecule has 1 aromatic heterocycles. The third-order valence-corrected chi connectivity index (χ3v) is 2.69. The van der Waals surface area contributed by atoms with Crippen molar-refractivity contribution < 1.29 is 23.1 Å². The molecule has 4 nitrogen and oxygen atoms in total. The van der Waals surface area contributed by atoms with Crippen molar-refractivity contribution in [2.24, 2.45) is 0 Å². The third kappa shape index (κ3) is 2.71. The van der Waals surface area contributed by atoms with E-state index in [2.05, 4.69) is 4.98 Å². The monoisotopic (exact) mass is 282 g/mol. The highest BCUT2D eigenvalue weighted by molar-refractivity contribution is 5.88. The fraction of sp³-hybridized carbons (Fsp3) is 0.0769. The van der Waals surface area contributed by atoms with Crippen LogP contribution in [0.3, 0.4) is 0 Å². The Morgan fingerprint density at radius 2 is 1.75 bits per heavy atom. The summed E-state index contributed by atoms with van der Waals surface area (Å²) in [5.74, 6) is -1.70. The zero-order valence-electron chi connectivity index (χ0n) is 9.98. The van der Waals surface area contributed by atoms with Crippen molar-refractivity contribution in [1.29, 1.82) is 0 Å². The Balaban J connectivity index is 2.45. The van der Waals surface area contributed by atoms with Crippen molar-refractivity contribution >= 4 is 11.8 Å². The first-order chi connectivity index (χ1) is 9.29. The van der Waals surface area contributed by atoms with Crippen LogP contribution >= 0.6 is 0 Å². The largest absolute Gasteiger partial charge is 0.478 e. The minimum Gasteiger partial charge on any atom is -0.478 e. The Bertz CT molecular complexity index is 652. The predicted octanol–water partition coefficient (Wildman–Crippen LogP) is 3.05. The molecular weight excluding hydrogens is 273 g/mol. The Labute approximate surface area is 111 Å². The van der Waals surface area contributed by atoms with Crippen molar-refractivity contribution in [1.82, 2.24) is 4.98 Å². The summed E-state index contributed by atoms with van der Waals surface area (Å²) in [6.07, 6.45) is -3.38. The van der Waals surface area contributed by atoms with Crippen LogP contribution in [0, 0.1) is 0 Å². The number of pyridine rings is 1. The van der Waals surface area contributed by atoms with Gasteiger partial charge in [0.05, 0.1) is 11.1 Å². The highest BCUT2D eigenvalue weighted by atomic mass is 19.4. The highest BCUT2D eigenvalue weighted by Gasteiger charge is 2.34. The number of alkyl halides is 3. The first-order valence-corrected chi connectivity index (χ1v) is 5.45. The van der Waals surface area contributed by atoms with Crippen molar-refractivity contribution in [3.05, 3.63) is 47.7 Å². The van der Waals surface area contributed by atoms with Gasteiger partial charge in [0.2, 0.25) is 0 Å². The fourth-order valence-corrected chi connectivity index (χ4v) is 1.67. The van der Waals surface area contributed by atoms with Gasteiger partial charge in [-0.2, -0.15) is 13.2 Å². The number of carboxylic acids is 1. The quantitative estimate of drug-likeness (QED) is 0.887. The number of nitrogen functional groups attached to an aromatic ring is 1. The molecule has 0 fully saturated rings. The minimum atomic E-state index is -4.59. The molecule has 20 heavy (non-hydrogen) atoms. The van der Waals surface area contributed by atoms with E-state index < -0.39 is 23.5 Å². The Morgan fingerprint density at radius 1 is 1.15 bits per heavy atom. The summed E-state index contributed by atoms with van der Waals surface area (Å²) in [4.78, 5) is 14.2. The number of carboxylic acid groups (broad SMARTS) is 1. The van der Waals surface area contributed by atoms with E-state index in [1.807, 2.05) is 0 Å². The zero-order chi connectivity index (χ0) is 14.9. The van der Waals surface area contributed by atoms with Gasteiger partial charge in [-0.05, 0) is 23.8 Å². The van der Waals surface area contributed by atoms with Gasteiger partial charge in [-0.15, -0.1) is 0 Å². The number of hydrogen-bond acceptors (Lipinski definition) is 3. The Morgan fingerprint density at radius 3 is 2.25 bits per heavy atom. The molecule has 0 atom stereocenters. The molecule has 3 N–H and O–H groups in total. The van der Waals surface area contributed by atoms with Crippen LogP contribution in [-0.4, -0.2) is 16.1 Å². The van der Waals surface area contributed by atoms with Crippen molar-refractivity contribution in [3.63, 3.8) is 0 Å². The lowest BCUT2D eigenvalue weighted by atomic mass is 10.0. The van der Waals surface area contributed by atoms with Crippen molar-refractivity contribution in [2.75, 3.05) is 5.73 Å². The highest BCUT2D eigenvalue weighted by Crippen LogP contribution is 2.35. The van der Waals surface area contributed by atoms with E-state index in [4.69, 9.17) is 10.8 Å². The second-order valence-corrected chi connectivity index (χ2v) is 4.04. The topological polar surface area (TPSA) is 76.2 Å². The number of hydrogen-bond donors (Lipinski definition) is 2. The van der Waals surface area contributed by atoms with Gasteiger partial charge in [-0.25, -0.2) is 9.78 Å². The molecule has 104 valence electrons. The van der Waals surface area contributed by atoms with E-state index in [1.54, 1.807) is 0 Å². The van der Waals surface area contributed by atoms with Crippen LogP contribution in [0.2, 0.25) is 0 Å². The number of halogens is 3. The normalized spacial score (nSPS) is 11.3. The molecule has 0 aliphatic rings. The lowest BCUT2D eigenvalue weighted by Crippen LogP contribution is -2.10. The first-order valence-electron chi connectivity index (χ1n) is 5.45. The molecule has 1 heterocycles. The summed E-state index contributed by atoms with van der Waals surface area (Å²) in [7, 11) is 0. The molecule has 0 saturated carbocycles. The van der Waals surface area contributed by atoms with Gasteiger partial charge in [0.25, 0.3) is 0 Å². The van der Waals surface area contributed by atoms with E-state index in [0.29, 0.717) is 5.56 Å². The first kappa shape index (κ1) is 13.9. The van der Waals surface area contributed by atoms with Gasteiger partial charge < -0.3 is 10.8 Å². The number of benzene rings is 1. The minimum absolute atomic E-state index is 0.0493. The molecule has 1 aromatic carbocycles. The molecule has 0 radical (unpaired) electrons. The number of carbonyl (C=O) groups is 1. The van der Waals surface area contributed by atoms with Gasteiger partial charge in [0, 0.05) is 11.8 Å². The van der Waals surface area contributed by atoms with Gasteiger partial charge in [0.15, 0.2) is 0 Å². The molecule has 0 amide bonds. The van der Waals surface area contributed by atoms with Crippen LogP contribution in [0.4, 0.5) is 19.0 Å². The van der Waals surface area contributed by atoms with E-state index in [1.165, 1.54) is 30.5 Å². The van der Waals surface area contributed by atoms with Crippen LogP contribution in [0.5, 0.6) is 0 Å². The second kappa shape index (κ2) is 4.84. The SMILES string of the molecule is Nc1ncc(-c2ccc(C(=O)O)cc2)cc1C(F)(F)F. The van der Waals surface area contributed by atoms with Gasteiger partial charge >= 0.3 is 12.1 Å². The summed E-state index contributed by atoms with van der Waals surface area (Å²) < 4.78 is 38.2. The van der Waals surface area contributed by atoms with E-state index in [-0.39, 0.29) is 11.1 Å². The molecular formula is C13H9F3N2O2. The van der Waals surface area contributed by atoms with Gasteiger partial charge in [0.1, 0.15) is 5.82 Å². The molecule has 0 aliphatic carbocycles. The standard InChI is InChI=1S/C13H9F3N2O2/c14-13(15,16)10-5-9(6-18-11(10)17)7-1-3-8(4-2-7)12(19)20/h1-6H,(H2,17,18)(H,19,20). The van der Waals surface area contributed by atoms with Gasteiger partial charge in [-0.3, -0.25) is 0 Å². The maximum absolute atomic E-state index is 12.7. The lowest BCUT2D eigenvalue weighted by Gasteiger charge is -2.11. The summed E-state index contributed by atoms with van der Waals surface area (Å²) in [5, 5.41) is 8.76.